The van der Waals surface area contributed by atoms with Gasteiger partial charge in [-0.3, -0.25) is 4.79 Å². The van der Waals surface area contributed by atoms with Crippen molar-refractivity contribution >= 4 is 35.2 Å². The van der Waals surface area contributed by atoms with Crippen LogP contribution >= 0.6 is 11.6 Å². The molecule has 0 aliphatic heterocycles. The van der Waals surface area contributed by atoms with Crippen molar-refractivity contribution in [2.24, 2.45) is 5.73 Å². The number of carbonyl (C=O) groups is 3. The lowest BCUT2D eigenvalue weighted by Crippen LogP contribution is -2.38. The molecule has 108 valence electrons. The van der Waals surface area contributed by atoms with Gasteiger partial charge in [-0.2, -0.15) is 0 Å². The van der Waals surface area contributed by atoms with Gasteiger partial charge >= 0.3 is 12.0 Å². The van der Waals surface area contributed by atoms with Crippen LogP contribution in [0.15, 0.2) is 18.2 Å². The molecular weight excluding hydrogens is 286 g/mol. The summed E-state index contributed by atoms with van der Waals surface area (Å²) in [7, 11) is 0. The van der Waals surface area contributed by atoms with Crippen molar-refractivity contribution < 1.29 is 19.5 Å². The maximum absolute atomic E-state index is 11.6. The van der Waals surface area contributed by atoms with Gasteiger partial charge in [-0.25, -0.2) is 9.59 Å². The average molecular weight is 300 g/mol. The second kappa shape index (κ2) is 6.76. The average Bonchev–Trinajstić information content (AvgIpc) is 2.26. The van der Waals surface area contributed by atoms with Crippen molar-refractivity contribution in [1.29, 1.82) is 0 Å². The lowest BCUT2D eigenvalue weighted by molar-refractivity contribution is -0.118. The van der Waals surface area contributed by atoms with E-state index in [9.17, 15) is 14.4 Å². The molecule has 20 heavy (non-hydrogen) atoms. The molecule has 0 spiro atoms. The normalized spacial score (nSPS) is 11.5. The number of aromatic carboxylic acids is 1. The largest absolute Gasteiger partial charge is 0.478 e. The smallest absolute Gasteiger partial charge is 0.337 e. The number of amides is 3. The SMILES string of the molecule is CC(CC(N)=O)NC(=O)Nc1ccc(C(=O)O)c(Cl)c1. The molecule has 0 saturated heterocycles. The minimum atomic E-state index is -1.15. The van der Waals surface area contributed by atoms with Crippen LogP contribution in [0.4, 0.5) is 10.5 Å². The van der Waals surface area contributed by atoms with E-state index in [1.807, 2.05) is 0 Å². The Morgan fingerprint density at radius 2 is 2.05 bits per heavy atom. The summed E-state index contributed by atoms with van der Waals surface area (Å²) in [6.07, 6.45) is 0.0200. The molecule has 0 saturated carbocycles. The topological polar surface area (TPSA) is 122 Å². The maximum atomic E-state index is 11.6. The van der Waals surface area contributed by atoms with Crippen LogP contribution in [0.3, 0.4) is 0 Å². The highest BCUT2D eigenvalue weighted by atomic mass is 35.5. The molecule has 1 rings (SSSR count). The number of primary amides is 1. The van der Waals surface area contributed by atoms with E-state index < -0.39 is 23.9 Å². The standard InChI is InChI=1S/C12H14ClN3O4/c1-6(4-10(14)17)15-12(20)16-7-2-3-8(11(18)19)9(13)5-7/h2-3,5-6H,4H2,1H3,(H2,14,17)(H,18,19)(H2,15,16,20). The van der Waals surface area contributed by atoms with Crippen LogP contribution in [0.1, 0.15) is 23.7 Å². The van der Waals surface area contributed by atoms with Crippen LogP contribution in [-0.2, 0) is 4.79 Å². The number of anilines is 1. The Morgan fingerprint density at radius 1 is 1.40 bits per heavy atom. The minimum absolute atomic E-state index is 0.0143. The first-order chi connectivity index (χ1) is 9.29. The third-order valence-electron chi connectivity index (χ3n) is 2.34. The van der Waals surface area contributed by atoms with Gasteiger partial charge in [-0.15, -0.1) is 0 Å². The number of urea groups is 1. The van der Waals surface area contributed by atoms with Gasteiger partial charge in [-0.1, -0.05) is 11.6 Å². The van der Waals surface area contributed by atoms with Gasteiger partial charge in [0.2, 0.25) is 5.91 Å². The quantitative estimate of drug-likeness (QED) is 0.657. The molecular formula is C12H14ClN3O4. The molecule has 1 aromatic rings. The van der Waals surface area contributed by atoms with Crippen molar-refractivity contribution in [2.75, 3.05) is 5.32 Å². The van der Waals surface area contributed by atoms with Gasteiger partial charge in [0.15, 0.2) is 0 Å². The Kier molecular flexibility index (Phi) is 5.33. The summed E-state index contributed by atoms with van der Waals surface area (Å²) in [4.78, 5) is 33.0. The van der Waals surface area contributed by atoms with Gasteiger partial charge in [-0.05, 0) is 25.1 Å². The maximum Gasteiger partial charge on any atom is 0.337 e. The molecule has 0 heterocycles. The molecule has 0 bridgehead atoms. The fraction of sp³-hybridized carbons (Fsp3) is 0.250. The molecule has 0 aliphatic carbocycles. The summed E-state index contributed by atoms with van der Waals surface area (Å²) in [6.45, 7) is 1.63. The van der Waals surface area contributed by atoms with E-state index in [2.05, 4.69) is 10.6 Å². The molecule has 1 atom stereocenters. The van der Waals surface area contributed by atoms with Gasteiger partial charge in [0.25, 0.3) is 0 Å². The lowest BCUT2D eigenvalue weighted by Gasteiger charge is -2.13. The number of carbonyl (C=O) groups excluding carboxylic acids is 2. The van der Waals surface area contributed by atoms with Crippen molar-refractivity contribution in [3.8, 4) is 0 Å². The third-order valence-corrected chi connectivity index (χ3v) is 2.65. The van der Waals surface area contributed by atoms with Crippen LogP contribution in [0.2, 0.25) is 5.02 Å². The predicted octanol–water partition coefficient (Wildman–Crippen LogP) is 1.42. The molecule has 1 unspecified atom stereocenters. The van der Waals surface area contributed by atoms with Crippen LogP contribution < -0.4 is 16.4 Å². The number of carboxylic acid groups (broad SMARTS) is 1. The molecule has 3 amide bonds. The van der Waals surface area contributed by atoms with Crippen LogP contribution in [0.5, 0.6) is 0 Å². The minimum Gasteiger partial charge on any atom is -0.478 e. The molecule has 8 heteroatoms. The molecule has 0 aliphatic rings. The van der Waals surface area contributed by atoms with Crippen molar-refractivity contribution in [3.05, 3.63) is 28.8 Å². The summed E-state index contributed by atoms with van der Waals surface area (Å²) in [5.74, 6) is -1.67. The van der Waals surface area contributed by atoms with E-state index in [1.165, 1.54) is 18.2 Å². The van der Waals surface area contributed by atoms with Crippen molar-refractivity contribution in [1.82, 2.24) is 5.32 Å². The Hall–Kier alpha value is -2.28. The van der Waals surface area contributed by atoms with E-state index in [0.717, 1.165) is 0 Å². The molecule has 7 nitrogen and oxygen atoms in total. The Labute approximate surface area is 120 Å². The number of nitrogens with one attached hydrogen (secondary N) is 2. The first-order valence-electron chi connectivity index (χ1n) is 5.68. The number of halogens is 1. The summed E-state index contributed by atoms with van der Waals surface area (Å²) in [5.41, 5.74) is 5.28. The Bertz CT molecular complexity index is 548. The second-order valence-corrected chi connectivity index (χ2v) is 4.58. The van der Waals surface area contributed by atoms with E-state index in [1.54, 1.807) is 6.92 Å². The van der Waals surface area contributed by atoms with E-state index in [0.29, 0.717) is 5.69 Å². The Morgan fingerprint density at radius 3 is 2.55 bits per heavy atom. The predicted molar refractivity (Wildman–Crippen MR) is 73.8 cm³/mol. The van der Waals surface area contributed by atoms with Crippen LogP contribution in [0.25, 0.3) is 0 Å². The van der Waals surface area contributed by atoms with Crippen molar-refractivity contribution in [2.45, 2.75) is 19.4 Å². The van der Waals surface area contributed by atoms with E-state index >= 15 is 0 Å². The summed E-state index contributed by atoms with van der Waals surface area (Å²) in [6, 6.07) is 3.06. The van der Waals surface area contributed by atoms with Gasteiger partial charge in [0, 0.05) is 18.2 Å². The number of hydrogen-bond acceptors (Lipinski definition) is 3. The molecule has 0 fully saturated rings. The third kappa shape index (κ3) is 4.77. The number of hydrogen-bond donors (Lipinski definition) is 4. The molecule has 0 radical (unpaired) electrons. The van der Waals surface area contributed by atoms with Crippen molar-refractivity contribution in [3.63, 3.8) is 0 Å². The number of benzene rings is 1. The number of nitrogens with two attached hydrogens (primary N) is 1. The molecule has 0 aromatic heterocycles. The second-order valence-electron chi connectivity index (χ2n) is 4.17. The summed E-state index contributed by atoms with van der Waals surface area (Å²) in [5, 5.41) is 13.8. The van der Waals surface area contributed by atoms with Crippen LogP contribution in [0, 0.1) is 0 Å². The zero-order valence-electron chi connectivity index (χ0n) is 10.6. The zero-order chi connectivity index (χ0) is 15.3. The summed E-state index contributed by atoms with van der Waals surface area (Å²) >= 11 is 5.77. The number of rotatable bonds is 5. The van der Waals surface area contributed by atoms with E-state index in [4.69, 9.17) is 22.4 Å². The fourth-order valence-corrected chi connectivity index (χ4v) is 1.77. The molecule has 1 aromatic carbocycles. The zero-order valence-corrected chi connectivity index (χ0v) is 11.4. The number of carboxylic acids is 1. The first-order valence-corrected chi connectivity index (χ1v) is 6.06. The fourth-order valence-electron chi connectivity index (χ4n) is 1.51. The highest BCUT2D eigenvalue weighted by molar-refractivity contribution is 6.33. The molecule has 5 N–H and O–H groups in total. The van der Waals surface area contributed by atoms with Gasteiger partial charge in [0.05, 0.1) is 10.6 Å². The van der Waals surface area contributed by atoms with Gasteiger partial charge < -0.3 is 21.5 Å². The highest BCUT2D eigenvalue weighted by Crippen LogP contribution is 2.20. The van der Waals surface area contributed by atoms with Gasteiger partial charge in [0.1, 0.15) is 0 Å². The monoisotopic (exact) mass is 299 g/mol. The van der Waals surface area contributed by atoms with Crippen LogP contribution in [-0.4, -0.2) is 29.1 Å². The summed E-state index contributed by atoms with van der Waals surface area (Å²) < 4.78 is 0. The lowest BCUT2D eigenvalue weighted by atomic mass is 10.2. The first kappa shape index (κ1) is 15.8. The Balaban J connectivity index is 2.65. The highest BCUT2D eigenvalue weighted by Gasteiger charge is 2.12. The van der Waals surface area contributed by atoms with E-state index in [-0.39, 0.29) is 17.0 Å².